The van der Waals surface area contributed by atoms with Crippen LogP contribution in [0.4, 0.5) is 5.69 Å². The van der Waals surface area contributed by atoms with Crippen LogP contribution in [0.15, 0.2) is 43.1 Å². The van der Waals surface area contributed by atoms with Gasteiger partial charge in [-0.25, -0.2) is 0 Å². The highest BCUT2D eigenvalue weighted by atomic mass is 16.6. The zero-order chi connectivity index (χ0) is 17.5. The molecule has 8 nitrogen and oxygen atoms in total. The van der Waals surface area contributed by atoms with Gasteiger partial charge < -0.3 is 24.6 Å². The van der Waals surface area contributed by atoms with Gasteiger partial charge in [-0.2, -0.15) is 0 Å². The molecule has 1 aromatic carbocycles. The minimum atomic E-state index is -1.57. The van der Waals surface area contributed by atoms with Crippen molar-refractivity contribution in [2.45, 2.75) is 23.9 Å². The van der Waals surface area contributed by atoms with Crippen LogP contribution in [0, 0.1) is 10.1 Å². The molecular formula is C16H18N2O6. The molecule has 3 atom stereocenters. The van der Waals surface area contributed by atoms with E-state index in [2.05, 4.69) is 6.58 Å². The maximum absolute atomic E-state index is 10.9. The van der Waals surface area contributed by atoms with Gasteiger partial charge >= 0.3 is 0 Å². The van der Waals surface area contributed by atoms with Crippen molar-refractivity contribution < 1.29 is 25.0 Å². The van der Waals surface area contributed by atoms with Crippen LogP contribution in [0.2, 0.25) is 0 Å². The van der Waals surface area contributed by atoms with Gasteiger partial charge in [-0.3, -0.25) is 10.1 Å². The fourth-order valence-electron chi connectivity index (χ4n) is 3.23. The van der Waals surface area contributed by atoms with Gasteiger partial charge in [-0.15, -0.1) is 6.58 Å². The Labute approximate surface area is 137 Å². The van der Waals surface area contributed by atoms with E-state index in [1.54, 1.807) is 12.3 Å². The lowest BCUT2D eigenvalue weighted by atomic mass is 9.89. The molecule has 24 heavy (non-hydrogen) atoms. The standard InChI is InChI=1S/C16H18N2O6/c1-2-6-15(21)10-24-16(9-19,14(15)20)17-7-5-11-8-12(18(22)23)3-4-13(11)17/h2-5,7-8,14,19-21H,1,6,9-10H2/t14-,15-,16-/m0/s1. The molecule has 1 saturated heterocycles. The van der Waals surface area contributed by atoms with Crippen molar-refractivity contribution in [3.8, 4) is 0 Å². The predicted molar refractivity (Wildman–Crippen MR) is 85.4 cm³/mol. The number of ether oxygens (including phenoxy) is 1. The summed E-state index contributed by atoms with van der Waals surface area (Å²) in [5.74, 6) is 0. The van der Waals surface area contributed by atoms with Crippen molar-refractivity contribution in [1.29, 1.82) is 0 Å². The average molecular weight is 334 g/mol. The third-order valence-corrected chi connectivity index (χ3v) is 4.53. The molecule has 1 aromatic heterocycles. The number of fused-ring (bicyclic) bond motifs is 1. The van der Waals surface area contributed by atoms with Gasteiger partial charge in [0.1, 0.15) is 11.7 Å². The van der Waals surface area contributed by atoms with Crippen LogP contribution in [0.5, 0.6) is 0 Å². The second-order valence-electron chi connectivity index (χ2n) is 5.98. The molecule has 8 heteroatoms. The van der Waals surface area contributed by atoms with Crippen LogP contribution in [-0.4, -0.2) is 49.7 Å². The van der Waals surface area contributed by atoms with Gasteiger partial charge in [-0.05, 0) is 18.6 Å². The zero-order valence-corrected chi connectivity index (χ0v) is 12.8. The molecule has 0 bridgehead atoms. The van der Waals surface area contributed by atoms with E-state index in [0.717, 1.165) is 0 Å². The summed E-state index contributed by atoms with van der Waals surface area (Å²) in [5, 5.41) is 42.6. The van der Waals surface area contributed by atoms with Crippen LogP contribution in [0.25, 0.3) is 10.9 Å². The van der Waals surface area contributed by atoms with Gasteiger partial charge in [0.25, 0.3) is 5.69 Å². The van der Waals surface area contributed by atoms with E-state index in [9.17, 15) is 25.4 Å². The summed E-state index contributed by atoms with van der Waals surface area (Å²) in [7, 11) is 0. The molecule has 3 N–H and O–H groups in total. The number of nitro benzene ring substituents is 1. The fraction of sp³-hybridized carbons (Fsp3) is 0.375. The third-order valence-electron chi connectivity index (χ3n) is 4.53. The van der Waals surface area contributed by atoms with Crippen LogP contribution < -0.4 is 0 Å². The molecule has 2 aromatic rings. The first kappa shape index (κ1) is 16.6. The molecule has 0 aliphatic carbocycles. The SMILES string of the molecule is C=CC[C@]1(O)CO[C@](CO)(n2ccc3cc([N+](=O)[O-])ccc32)[C@H]1O. The van der Waals surface area contributed by atoms with E-state index in [1.165, 1.54) is 28.8 Å². The van der Waals surface area contributed by atoms with Gasteiger partial charge in [0.2, 0.25) is 0 Å². The number of benzene rings is 1. The van der Waals surface area contributed by atoms with Crippen LogP contribution in [-0.2, 0) is 10.5 Å². The van der Waals surface area contributed by atoms with Gasteiger partial charge in [0, 0.05) is 23.7 Å². The van der Waals surface area contributed by atoms with E-state index in [0.29, 0.717) is 10.9 Å². The second kappa shape index (κ2) is 5.67. The normalized spacial score (nSPS) is 29.9. The first-order valence-corrected chi connectivity index (χ1v) is 7.40. The Morgan fingerprint density at radius 2 is 2.25 bits per heavy atom. The molecule has 1 aliphatic rings. The molecule has 3 rings (SSSR count). The summed E-state index contributed by atoms with van der Waals surface area (Å²) < 4.78 is 7.13. The second-order valence-corrected chi connectivity index (χ2v) is 5.98. The largest absolute Gasteiger partial charge is 0.391 e. The summed E-state index contributed by atoms with van der Waals surface area (Å²) >= 11 is 0. The molecular weight excluding hydrogens is 316 g/mol. The molecule has 0 unspecified atom stereocenters. The number of hydrogen-bond acceptors (Lipinski definition) is 6. The topological polar surface area (TPSA) is 118 Å². The third kappa shape index (κ3) is 2.23. The average Bonchev–Trinajstić information content (AvgIpc) is 3.09. The quantitative estimate of drug-likeness (QED) is 0.425. The monoisotopic (exact) mass is 334 g/mol. The highest BCUT2D eigenvalue weighted by Crippen LogP contribution is 2.41. The van der Waals surface area contributed by atoms with Gasteiger partial charge in [-0.1, -0.05) is 6.08 Å². The van der Waals surface area contributed by atoms with Crippen molar-refractivity contribution >= 4 is 16.6 Å². The summed E-state index contributed by atoms with van der Waals surface area (Å²) in [6, 6.07) is 5.88. The number of aliphatic hydroxyl groups is 3. The maximum atomic E-state index is 10.9. The van der Waals surface area contributed by atoms with Gasteiger partial charge in [0.05, 0.1) is 23.7 Å². The lowest BCUT2D eigenvalue weighted by molar-refractivity contribution is -0.384. The van der Waals surface area contributed by atoms with Crippen molar-refractivity contribution in [1.82, 2.24) is 4.57 Å². The molecule has 1 fully saturated rings. The summed E-state index contributed by atoms with van der Waals surface area (Å²) in [5.41, 5.74) is -2.66. The molecule has 2 heterocycles. The molecule has 0 radical (unpaired) electrons. The molecule has 0 spiro atoms. The number of rotatable bonds is 5. The van der Waals surface area contributed by atoms with E-state index < -0.39 is 29.0 Å². The van der Waals surface area contributed by atoms with Crippen molar-refractivity contribution in [3.05, 3.63) is 53.2 Å². The number of nitro groups is 1. The van der Waals surface area contributed by atoms with E-state index in [4.69, 9.17) is 4.74 Å². The van der Waals surface area contributed by atoms with Crippen LogP contribution >= 0.6 is 0 Å². The fourth-order valence-corrected chi connectivity index (χ4v) is 3.23. The van der Waals surface area contributed by atoms with Crippen molar-refractivity contribution in [2.75, 3.05) is 13.2 Å². The molecule has 1 aliphatic heterocycles. The predicted octanol–water partition coefficient (Wildman–Crippen LogP) is 0.893. The van der Waals surface area contributed by atoms with Crippen molar-refractivity contribution in [3.63, 3.8) is 0 Å². The first-order chi connectivity index (χ1) is 11.4. The Balaban J connectivity index is 2.11. The smallest absolute Gasteiger partial charge is 0.270 e. The van der Waals surface area contributed by atoms with E-state index in [1.807, 2.05) is 0 Å². The highest BCUT2D eigenvalue weighted by molar-refractivity contribution is 5.82. The minimum Gasteiger partial charge on any atom is -0.391 e. The Hall–Kier alpha value is -2.26. The number of nitrogens with zero attached hydrogens (tertiary/aromatic N) is 2. The molecule has 0 amide bonds. The number of aromatic nitrogens is 1. The lowest BCUT2D eigenvalue weighted by Crippen LogP contribution is -2.53. The number of aliphatic hydroxyl groups excluding tert-OH is 2. The number of hydrogen-bond donors (Lipinski definition) is 3. The minimum absolute atomic E-state index is 0.0608. The Morgan fingerprint density at radius 1 is 1.50 bits per heavy atom. The maximum Gasteiger partial charge on any atom is 0.270 e. The van der Waals surface area contributed by atoms with E-state index in [-0.39, 0.29) is 18.7 Å². The summed E-state index contributed by atoms with van der Waals surface area (Å²) in [4.78, 5) is 10.4. The van der Waals surface area contributed by atoms with Crippen molar-refractivity contribution in [2.24, 2.45) is 0 Å². The highest BCUT2D eigenvalue weighted by Gasteiger charge is 2.58. The van der Waals surface area contributed by atoms with Crippen LogP contribution in [0.1, 0.15) is 6.42 Å². The van der Waals surface area contributed by atoms with Crippen LogP contribution in [0.3, 0.4) is 0 Å². The first-order valence-electron chi connectivity index (χ1n) is 7.40. The summed E-state index contributed by atoms with van der Waals surface area (Å²) in [6.07, 6.45) is 1.73. The Morgan fingerprint density at radius 3 is 2.88 bits per heavy atom. The summed E-state index contributed by atoms with van der Waals surface area (Å²) in [6.45, 7) is 2.81. The van der Waals surface area contributed by atoms with E-state index >= 15 is 0 Å². The Kier molecular flexibility index (Phi) is 3.92. The molecule has 0 saturated carbocycles. The molecule has 128 valence electrons. The van der Waals surface area contributed by atoms with Gasteiger partial charge in [0.15, 0.2) is 5.72 Å². The number of non-ortho nitro benzene ring substituents is 1. The zero-order valence-electron chi connectivity index (χ0n) is 12.8. The Bertz CT molecular complexity index is 803. The lowest BCUT2D eigenvalue weighted by Gasteiger charge is -2.35.